The lowest BCUT2D eigenvalue weighted by Gasteiger charge is -2.21. The summed E-state index contributed by atoms with van der Waals surface area (Å²) in [4.78, 5) is 24.3. The maximum Gasteiger partial charge on any atom is 0.344 e. The normalized spacial score (nSPS) is 14.0. The Morgan fingerprint density at radius 2 is 1.48 bits per heavy atom. The van der Waals surface area contributed by atoms with Gasteiger partial charge in [0.05, 0.1) is 12.1 Å². The average Bonchev–Trinajstić information content (AvgIpc) is 3.17. The van der Waals surface area contributed by atoms with Crippen LogP contribution in [0.2, 0.25) is 0 Å². The molecular weight excluding hydrogens is 500 g/mol. The van der Waals surface area contributed by atoms with Gasteiger partial charge in [0, 0.05) is 22.2 Å². The number of carboxylic acid groups (broad SMARTS) is 1. The Balaban J connectivity index is 1.55. The van der Waals surface area contributed by atoms with E-state index in [-0.39, 0.29) is 23.4 Å². The third-order valence-corrected chi connectivity index (χ3v) is 7.86. The van der Waals surface area contributed by atoms with E-state index < -0.39 is 12.1 Å². The number of rotatable bonds is 8. The maximum absolute atomic E-state index is 13.2. The van der Waals surface area contributed by atoms with Gasteiger partial charge in [-0.3, -0.25) is 4.79 Å². The molecule has 0 saturated heterocycles. The van der Waals surface area contributed by atoms with Crippen LogP contribution in [0.5, 0.6) is 5.75 Å². The second-order valence-electron chi connectivity index (χ2n) is 11.7. The van der Waals surface area contributed by atoms with Crippen LogP contribution in [0.15, 0.2) is 66.7 Å². The van der Waals surface area contributed by atoms with Crippen molar-refractivity contribution >= 4 is 22.8 Å². The van der Waals surface area contributed by atoms with E-state index >= 15 is 0 Å². The molecule has 0 saturated carbocycles. The fourth-order valence-corrected chi connectivity index (χ4v) is 5.11. The van der Waals surface area contributed by atoms with Crippen molar-refractivity contribution in [3.8, 4) is 5.75 Å². The number of ether oxygens (including phenoxy) is 1. The summed E-state index contributed by atoms with van der Waals surface area (Å²) < 4.78 is 7.76. The van der Waals surface area contributed by atoms with Crippen LogP contribution >= 0.6 is 0 Å². The SMILES string of the molecule is Cc1c(C)n(C(C)c2ccc(O[C@@H](C)C(=O)O)cc2)c2ccc(C(=O)N[C@@H](C)c3ccc(C(C)(C)C)cc3)cc12. The first-order valence-corrected chi connectivity index (χ1v) is 13.8. The summed E-state index contributed by atoms with van der Waals surface area (Å²) >= 11 is 0. The van der Waals surface area contributed by atoms with Crippen molar-refractivity contribution in [2.45, 2.75) is 79.0 Å². The molecule has 0 aliphatic rings. The maximum atomic E-state index is 13.2. The van der Waals surface area contributed by atoms with Crippen LogP contribution in [0.3, 0.4) is 0 Å². The molecule has 3 atom stereocenters. The molecule has 3 aromatic carbocycles. The lowest BCUT2D eigenvalue weighted by Crippen LogP contribution is -2.26. The smallest absolute Gasteiger partial charge is 0.344 e. The van der Waals surface area contributed by atoms with Crippen LogP contribution in [-0.4, -0.2) is 27.7 Å². The summed E-state index contributed by atoms with van der Waals surface area (Å²) in [5, 5.41) is 13.3. The number of hydrogen-bond donors (Lipinski definition) is 2. The average molecular weight is 541 g/mol. The summed E-state index contributed by atoms with van der Waals surface area (Å²) in [7, 11) is 0. The quantitative estimate of drug-likeness (QED) is 0.242. The molecule has 210 valence electrons. The number of aliphatic carboxylic acids is 1. The summed E-state index contributed by atoms with van der Waals surface area (Å²) in [6.45, 7) is 16.4. The predicted octanol–water partition coefficient (Wildman–Crippen LogP) is 7.51. The minimum atomic E-state index is -1.00. The van der Waals surface area contributed by atoms with Crippen LogP contribution in [0.1, 0.15) is 91.9 Å². The molecule has 6 nitrogen and oxygen atoms in total. The molecule has 4 aromatic rings. The zero-order valence-electron chi connectivity index (χ0n) is 24.7. The summed E-state index contributed by atoms with van der Waals surface area (Å²) in [6, 6.07) is 21.8. The van der Waals surface area contributed by atoms with E-state index in [2.05, 4.69) is 75.7 Å². The van der Waals surface area contributed by atoms with Crippen LogP contribution in [0.25, 0.3) is 10.9 Å². The molecule has 0 radical (unpaired) electrons. The van der Waals surface area contributed by atoms with Gasteiger partial charge in [0.1, 0.15) is 5.75 Å². The molecule has 1 aromatic heterocycles. The minimum absolute atomic E-state index is 0.0258. The highest BCUT2D eigenvalue weighted by Gasteiger charge is 2.20. The van der Waals surface area contributed by atoms with Gasteiger partial charge in [-0.05, 0) is 92.6 Å². The van der Waals surface area contributed by atoms with Crippen LogP contribution in [-0.2, 0) is 10.2 Å². The lowest BCUT2D eigenvalue weighted by molar-refractivity contribution is -0.144. The second-order valence-corrected chi connectivity index (χ2v) is 11.7. The van der Waals surface area contributed by atoms with Crippen molar-refractivity contribution in [3.05, 3.63) is 100 Å². The number of hydrogen-bond acceptors (Lipinski definition) is 3. The largest absolute Gasteiger partial charge is 0.479 e. The highest BCUT2D eigenvalue weighted by atomic mass is 16.5. The van der Waals surface area contributed by atoms with Crippen LogP contribution in [0, 0.1) is 13.8 Å². The number of carbonyl (C=O) groups is 2. The van der Waals surface area contributed by atoms with Crippen molar-refractivity contribution in [1.29, 1.82) is 0 Å². The molecule has 0 spiro atoms. The van der Waals surface area contributed by atoms with Gasteiger partial charge in [0.25, 0.3) is 5.91 Å². The topological polar surface area (TPSA) is 80.6 Å². The van der Waals surface area contributed by atoms with E-state index in [1.54, 1.807) is 12.1 Å². The molecule has 40 heavy (non-hydrogen) atoms. The molecule has 1 unspecified atom stereocenters. The third kappa shape index (κ3) is 5.91. The van der Waals surface area contributed by atoms with Crippen LogP contribution < -0.4 is 10.1 Å². The number of nitrogens with one attached hydrogen (secondary N) is 1. The molecule has 0 aliphatic carbocycles. The minimum Gasteiger partial charge on any atom is -0.479 e. The molecule has 0 bridgehead atoms. The zero-order valence-corrected chi connectivity index (χ0v) is 24.7. The van der Waals surface area contributed by atoms with Crippen LogP contribution in [0.4, 0.5) is 0 Å². The Hall–Kier alpha value is -4.06. The van der Waals surface area contributed by atoms with Gasteiger partial charge in [-0.15, -0.1) is 0 Å². The first-order valence-electron chi connectivity index (χ1n) is 13.8. The first kappa shape index (κ1) is 28.9. The van der Waals surface area contributed by atoms with Gasteiger partial charge in [-0.2, -0.15) is 0 Å². The number of fused-ring (bicyclic) bond motifs is 1. The van der Waals surface area contributed by atoms with E-state index in [9.17, 15) is 9.59 Å². The number of aromatic nitrogens is 1. The van der Waals surface area contributed by atoms with E-state index in [4.69, 9.17) is 9.84 Å². The lowest BCUT2D eigenvalue weighted by atomic mass is 9.86. The standard InChI is InChI=1S/C34H40N2O4/c1-20-22(3)36(23(4)26-11-16-29(17-12-26)40-24(5)33(38)39)31-18-13-27(19-30(20)31)32(37)35-21(2)25-9-14-28(15-10-25)34(6,7)8/h9-19,21,23-24H,1-8H3,(H,35,37)(H,38,39)/t21-,23?,24-/m0/s1. The highest BCUT2D eigenvalue weighted by Crippen LogP contribution is 2.33. The van der Waals surface area contributed by atoms with Gasteiger partial charge >= 0.3 is 5.97 Å². The van der Waals surface area contributed by atoms with E-state index in [1.807, 2.05) is 37.3 Å². The number of aryl methyl sites for hydroxylation is 1. The Bertz CT molecular complexity index is 1530. The van der Waals surface area contributed by atoms with Gasteiger partial charge in [0.2, 0.25) is 0 Å². The summed E-state index contributed by atoms with van der Waals surface area (Å²) in [5.74, 6) is -0.580. The number of amides is 1. The number of benzene rings is 3. The Kier molecular flexibility index (Phi) is 8.10. The zero-order chi connectivity index (χ0) is 29.4. The molecule has 1 heterocycles. The molecule has 4 rings (SSSR count). The van der Waals surface area contributed by atoms with Crippen molar-refractivity contribution in [1.82, 2.24) is 9.88 Å². The van der Waals surface area contributed by atoms with Crippen molar-refractivity contribution < 1.29 is 19.4 Å². The third-order valence-electron chi connectivity index (χ3n) is 7.86. The Morgan fingerprint density at radius 1 is 0.875 bits per heavy atom. The number of nitrogens with zero attached hydrogens (tertiary/aromatic N) is 1. The highest BCUT2D eigenvalue weighted by molar-refractivity contribution is 5.99. The second kappa shape index (κ2) is 11.2. The van der Waals surface area contributed by atoms with Gasteiger partial charge in [0.15, 0.2) is 6.10 Å². The predicted molar refractivity (Wildman–Crippen MR) is 160 cm³/mol. The Morgan fingerprint density at radius 3 is 2.05 bits per heavy atom. The number of carboxylic acids is 1. The molecule has 0 aliphatic heterocycles. The molecule has 2 N–H and O–H groups in total. The van der Waals surface area contributed by atoms with Crippen molar-refractivity contribution in [2.75, 3.05) is 0 Å². The Labute approximate surface area is 237 Å². The molecule has 6 heteroatoms. The molecule has 1 amide bonds. The fraction of sp³-hybridized carbons (Fsp3) is 0.353. The monoisotopic (exact) mass is 540 g/mol. The summed E-state index contributed by atoms with van der Waals surface area (Å²) in [6.07, 6.45) is -0.912. The number of carbonyl (C=O) groups excluding carboxylic acids is 1. The molecule has 0 fully saturated rings. The van der Waals surface area contributed by atoms with Gasteiger partial charge in [-0.25, -0.2) is 4.79 Å². The van der Waals surface area contributed by atoms with Crippen molar-refractivity contribution in [3.63, 3.8) is 0 Å². The molecular formula is C34H40N2O4. The fourth-order valence-electron chi connectivity index (χ4n) is 5.11. The van der Waals surface area contributed by atoms with E-state index in [0.29, 0.717) is 11.3 Å². The first-order chi connectivity index (χ1) is 18.8. The van der Waals surface area contributed by atoms with Gasteiger partial charge < -0.3 is 19.7 Å². The van der Waals surface area contributed by atoms with E-state index in [0.717, 1.165) is 33.3 Å². The van der Waals surface area contributed by atoms with Gasteiger partial charge in [-0.1, -0.05) is 57.2 Å². The summed E-state index contributed by atoms with van der Waals surface area (Å²) in [5.41, 5.74) is 7.46. The van der Waals surface area contributed by atoms with E-state index in [1.165, 1.54) is 12.5 Å². The van der Waals surface area contributed by atoms with Crippen molar-refractivity contribution in [2.24, 2.45) is 0 Å².